The van der Waals surface area contributed by atoms with Gasteiger partial charge in [0.05, 0.1) is 19.8 Å². The van der Waals surface area contributed by atoms with Crippen LogP contribution in [-0.4, -0.2) is 61.8 Å². The third kappa shape index (κ3) is 3.69. The first-order valence-corrected chi connectivity index (χ1v) is 8.10. The first-order chi connectivity index (χ1) is 10.8. The Morgan fingerprint density at radius 1 is 1.23 bits per heavy atom. The van der Waals surface area contributed by atoms with Crippen LogP contribution in [0.15, 0.2) is 36.9 Å². The molecule has 3 rings (SSSR count). The lowest BCUT2D eigenvalue weighted by molar-refractivity contribution is 0.0758. The maximum absolute atomic E-state index is 5.83. The topological polar surface area (TPSA) is 24.9 Å². The molecule has 0 unspecified atom stereocenters. The normalized spacial score (nSPS) is 25.9. The van der Waals surface area contributed by atoms with Crippen molar-refractivity contribution in [1.29, 1.82) is 0 Å². The van der Waals surface area contributed by atoms with Crippen LogP contribution in [0, 0.1) is 0 Å². The molecule has 2 aliphatic heterocycles. The molecule has 4 heteroatoms. The molecule has 2 fully saturated rings. The highest BCUT2D eigenvalue weighted by Gasteiger charge is 2.36. The Hall–Kier alpha value is -1.36. The molecule has 0 saturated carbocycles. The molecule has 0 amide bonds. The van der Waals surface area contributed by atoms with E-state index in [1.54, 1.807) is 7.11 Å². The van der Waals surface area contributed by atoms with Crippen molar-refractivity contribution < 1.29 is 9.47 Å². The van der Waals surface area contributed by atoms with E-state index >= 15 is 0 Å². The summed E-state index contributed by atoms with van der Waals surface area (Å²) < 4.78 is 11.0. The number of hydrogen-bond acceptors (Lipinski definition) is 4. The van der Waals surface area contributed by atoms with Crippen LogP contribution in [0.3, 0.4) is 0 Å². The number of piperazine rings is 1. The van der Waals surface area contributed by atoms with E-state index < -0.39 is 0 Å². The van der Waals surface area contributed by atoms with Gasteiger partial charge in [-0.3, -0.25) is 9.80 Å². The van der Waals surface area contributed by atoms with Crippen LogP contribution in [0.25, 0.3) is 0 Å². The van der Waals surface area contributed by atoms with Crippen molar-refractivity contribution in [3.05, 3.63) is 42.5 Å². The summed E-state index contributed by atoms with van der Waals surface area (Å²) in [5, 5.41) is 0. The van der Waals surface area contributed by atoms with Crippen molar-refractivity contribution in [3.63, 3.8) is 0 Å². The van der Waals surface area contributed by atoms with E-state index in [2.05, 4.69) is 28.5 Å². The maximum atomic E-state index is 5.83. The van der Waals surface area contributed by atoms with E-state index in [0.717, 1.165) is 44.9 Å². The maximum Gasteiger partial charge on any atom is 0.118 e. The molecule has 2 atom stereocenters. The fourth-order valence-electron chi connectivity index (χ4n) is 3.52. The quantitative estimate of drug-likeness (QED) is 0.752. The smallest absolute Gasteiger partial charge is 0.118 e. The van der Waals surface area contributed by atoms with Gasteiger partial charge < -0.3 is 9.47 Å². The minimum Gasteiger partial charge on any atom is -0.497 e. The summed E-state index contributed by atoms with van der Waals surface area (Å²) in [6, 6.07) is 9.05. The largest absolute Gasteiger partial charge is 0.497 e. The van der Waals surface area contributed by atoms with E-state index in [1.165, 1.54) is 5.56 Å². The van der Waals surface area contributed by atoms with Crippen LogP contribution in [0.2, 0.25) is 0 Å². The highest BCUT2D eigenvalue weighted by molar-refractivity contribution is 5.27. The number of methoxy groups -OCH3 is 1. The number of benzene rings is 1. The Kier molecular flexibility index (Phi) is 5.13. The third-order valence-electron chi connectivity index (χ3n) is 4.68. The molecule has 120 valence electrons. The van der Waals surface area contributed by atoms with Crippen molar-refractivity contribution in [2.75, 3.05) is 39.9 Å². The van der Waals surface area contributed by atoms with Gasteiger partial charge in [0.25, 0.3) is 0 Å². The van der Waals surface area contributed by atoms with Gasteiger partial charge >= 0.3 is 0 Å². The van der Waals surface area contributed by atoms with Crippen LogP contribution in [-0.2, 0) is 11.3 Å². The van der Waals surface area contributed by atoms with Crippen molar-refractivity contribution in [3.8, 4) is 5.75 Å². The van der Waals surface area contributed by atoms with Gasteiger partial charge in [0, 0.05) is 38.8 Å². The highest BCUT2D eigenvalue weighted by atomic mass is 16.5. The van der Waals surface area contributed by atoms with Crippen LogP contribution >= 0.6 is 0 Å². The number of nitrogens with zero attached hydrogens (tertiary/aromatic N) is 2. The average Bonchev–Trinajstić information content (AvgIpc) is 2.95. The number of fused-ring (bicyclic) bond motifs is 1. The first-order valence-electron chi connectivity index (χ1n) is 8.10. The van der Waals surface area contributed by atoms with E-state index in [-0.39, 0.29) is 0 Å². The highest BCUT2D eigenvalue weighted by Crippen LogP contribution is 2.25. The molecule has 0 aromatic heterocycles. The Labute approximate surface area is 133 Å². The molecule has 2 heterocycles. The predicted octanol–water partition coefficient (Wildman–Crippen LogP) is 2.16. The van der Waals surface area contributed by atoms with Gasteiger partial charge in [-0.05, 0) is 24.1 Å². The second-order valence-corrected chi connectivity index (χ2v) is 6.21. The molecule has 0 bridgehead atoms. The van der Waals surface area contributed by atoms with E-state index in [4.69, 9.17) is 9.47 Å². The van der Waals surface area contributed by atoms with E-state index in [0.29, 0.717) is 18.8 Å². The zero-order valence-corrected chi connectivity index (χ0v) is 13.4. The average molecular weight is 302 g/mol. The molecular formula is C18H26N2O2. The lowest BCUT2D eigenvalue weighted by Gasteiger charge is -2.37. The van der Waals surface area contributed by atoms with Crippen molar-refractivity contribution in [2.45, 2.75) is 25.1 Å². The zero-order chi connectivity index (χ0) is 15.4. The van der Waals surface area contributed by atoms with Crippen molar-refractivity contribution in [2.24, 2.45) is 0 Å². The van der Waals surface area contributed by atoms with Crippen molar-refractivity contribution in [1.82, 2.24) is 9.80 Å². The molecule has 0 spiro atoms. The lowest BCUT2D eigenvalue weighted by atomic mass is 10.1. The lowest BCUT2D eigenvalue weighted by Crippen LogP contribution is -2.49. The Bertz CT molecular complexity index is 488. The Morgan fingerprint density at radius 2 is 2.05 bits per heavy atom. The Balaban J connectivity index is 1.51. The monoisotopic (exact) mass is 302 g/mol. The molecule has 1 aromatic rings. The molecule has 0 radical (unpaired) electrons. The number of hydrogen-bond donors (Lipinski definition) is 0. The van der Waals surface area contributed by atoms with Gasteiger partial charge in [-0.1, -0.05) is 18.2 Å². The molecule has 0 aliphatic carbocycles. The predicted molar refractivity (Wildman–Crippen MR) is 88.2 cm³/mol. The summed E-state index contributed by atoms with van der Waals surface area (Å²) in [7, 11) is 1.71. The summed E-state index contributed by atoms with van der Waals surface area (Å²) in [5.41, 5.74) is 1.35. The Morgan fingerprint density at radius 3 is 2.77 bits per heavy atom. The van der Waals surface area contributed by atoms with Crippen molar-refractivity contribution >= 4 is 0 Å². The van der Waals surface area contributed by atoms with E-state index in [9.17, 15) is 0 Å². The molecule has 4 nitrogen and oxygen atoms in total. The zero-order valence-electron chi connectivity index (χ0n) is 13.4. The van der Waals surface area contributed by atoms with Gasteiger partial charge in [0.15, 0.2) is 0 Å². The molecule has 2 aliphatic rings. The molecule has 2 saturated heterocycles. The van der Waals surface area contributed by atoms with Gasteiger partial charge in [-0.15, -0.1) is 6.58 Å². The van der Waals surface area contributed by atoms with Crippen LogP contribution < -0.4 is 4.74 Å². The van der Waals surface area contributed by atoms with Crippen LogP contribution in [0.1, 0.15) is 12.0 Å². The summed E-state index contributed by atoms with van der Waals surface area (Å²) in [4.78, 5) is 5.14. The second-order valence-electron chi connectivity index (χ2n) is 6.21. The molecule has 22 heavy (non-hydrogen) atoms. The SMILES string of the molecule is C=CCO[C@H]1C[C@@H]2CN(Cc3ccc(OC)cc3)CCN2C1. The molecule has 0 N–H and O–H groups in total. The van der Waals surface area contributed by atoms with Gasteiger partial charge in [0.2, 0.25) is 0 Å². The van der Waals surface area contributed by atoms with Crippen LogP contribution in [0.4, 0.5) is 0 Å². The number of ether oxygens (including phenoxy) is 2. The summed E-state index contributed by atoms with van der Waals surface area (Å²) in [6.45, 7) is 9.92. The summed E-state index contributed by atoms with van der Waals surface area (Å²) in [6.07, 6.45) is 3.36. The van der Waals surface area contributed by atoms with Gasteiger partial charge in [-0.25, -0.2) is 0 Å². The molecular weight excluding hydrogens is 276 g/mol. The first kappa shape index (κ1) is 15.5. The summed E-state index contributed by atoms with van der Waals surface area (Å²) >= 11 is 0. The number of rotatable bonds is 6. The van der Waals surface area contributed by atoms with Gasteiger partial charge in [0.1, 0.15) is 5.75 Å². The fraction of sp³-hybridized carbons (Fsp3) is 0.556. The minimum absolute atomic E-state index is 0.379. The summed E-state index contributed by atoms with van der Waals surface area (Å²) in [5.74, 6) is 0.923. The van der Waals surface area contributed by atoms with Gasteiger partial charge in [-0.2, -0.15) is 0 Å². The van der Waals surface area contributed by atoms with E-state index in [1.807, 2.05) is 18.2 Å². The minimum atomic E-state index is 0.379. The molecule has 1 aromatic carbocycles. The van der Waals surface area contributed by atoms with Crippen LogP contribution in [0.5, 0.6) is 5.75 Å². The second kappa shape index (κ2) is 7.27. The third-order valence-corrected chi connectivity index (χ3v) is 4.68. The fourth-order valence-corrected chi connectivity index (χ4v) is 3.52. The standard InChI is InChI=1S/C18H26N2O2/c1-3-10-22-18-11-16-13-19(8-9-20(16)14-18)12-15-4-6-17(21-2)7-5-15/h3-7,16,18H,1,8-14H2,2H3/t16-,18+/m1/s1.